The highest BCUT2D eigenvalue weighted by molar-refractivity contribution is 5.80. The summed E-state index contributed by atoms with van der Waals surface area (Å²) in [6.07, 6.45) is 0. The van der Waals surface area contributed by atoms with Crippen LogP contribution in [-0.4, -0.2) is 24.8 Å². The van der Waals surface area contributed by atoms with Crippen LogP contribution in [0.4, 0.5) is 0 Å². The van der Waals surface area contributed by atoms with E-state index in [1.54, 1.807) is 6.07 Å². The summed E-state index contributed by atoms with van der Waals surface area (Å²) in [7, 11) is 0. The molecule has 1 heterocycles. The van der Waals surface area contributed by atoms with E-state index in [-0.39, 0.29) is 12.2 Å². The SMILES string of the molecule is CC[NH+](CCO)Cc1cc(=O)oc2ccc(C)cc12. The molecule has 1 atom stereocenters. The zero-order valence-electron chi connectivity index (χ0n) is 11.4. The van der Waals surface area contributed by atoms with Gasteiger partial charge in [-0.1, -0.05) is 11.6 Å². The number of nitrogens with one attached hydrogen (secondary N) is 1. The van der Waals surface area contributed by atoms with Crippen molar-refractivity contribution < 1.29 is 14.4 Å². The third-order valence-corrected chi connectivity index (χ3v) is 3.39. The molecule has 2 N–H and O–H groups in total. The topological polar surface area (TPSA) is 54.9 Å². The van der Waals surface area contributed by atoms with E-state index in [9.17, 15) is 4.79 Å². The number of rotatable bonds is 5. The number of likely N-dealkylation sites (N-methyl/N-ethyl adjacent to an activating group) is 1. The lowest BCUT2D eigenvalue weighted by Crippen LogP contribution is -3.10. The van der Waals surface area contributed by atoms with Crippen molar-refractivity contribution >= 4 is 11.0 Å². The maximum absolute atomic E-state index is 11.6. The standard InChI is InChI=1S/C15H19NO3/c1-3-16(6-7-17)10-12-9-15(18)19-14-5-4-11(2)8-13(12)14/h4-5,8-9,17H,3,6-7,10H2,1-2H3/p+1. The summed E-state index contributed by atoms with van der Waals surface area (Å²) in [5.74, 6) is 0. The van der Waals surface area contributed by atoms with Crippen LogP contribution in [0.15, 0.2) is 33.5 Å². The smallest absolute Gasteiger partial charge is 0.336 e. The molecule has 19 heavy (non-hydrogen) atoms. The van der Waals surface area contributed by atoms with Crippen molar-refractivity contribution in [3.8, 4) is 0 Å². The number of benzene rings is 1. The molecule has 1 unspecified atom stereocenters. The predicted octanol–water partition coefficient (Wildman–Crippen LogP) is 0.499. The van der Waals surface area contributed by atoms with Crippen molar-refractivity contribution in [2.75, 3.05) is 19.7 Å². The zero-order valence-corrected chi connectivity index (χ0v) is 11.4. The summed E-state index contributed by atoms with van der Waals surface area (Å²) in [4.78, 5) is 12.8. The molecule has 2 aromatic rings. The van der Waals surface area contributed by atoms with Gasteiger partial charge in [-0.15, -0.1) is 0 Å². The van der Waals surface area contributed by atoms with Crippen LogP contribution in [0.1, 0.15) is 18.1 Å². The lowest BCUT2D eigenvalue weighted by Gasteiger charge is -2.17. The van der Waals surface area contributed by atoms with Gasteiger partial charge in [0.05, 0.1) is 13.2 Å². The van der Waals surface area contributed by atoms with Crippen molar-refractivity contribution in [3.63, 3.8) is 0 Å². The molecule has 0 spiro atoms. The highest BCUT2D eigenvalue weighted by atomic mass is 16.4. The maximum Gasteiger partial charge on any atom is 0.336 e. The van der Waals surface area contributed by atoms with Gasteiger partial charge in [-0.25, -0.2) is 4.79 Å². The van der Waals surface area contributed by atoms with Crippen molar-refractivity contribution in [1.82, 2.24) is 0 Å². The third kappa shape index (κ3) is 3.22. The van der Waals surface area contributed by atoms with Gasteiger partial charge in [-0.3, -0.25) is 0 Å². The van der Waals surface area contributed by atoms with Crippen LogP contribution in [0.2, 0.25) is 0 Å². The summed E-state index contributed by atoms with van der Waals surface area (Å²) >= 11 is 0. The Morgan fingerprint density at radius 3 is 2.79 bits per heavy atom. The highest BCUT2D eigenvalue weighted by Gasteiger charge is 2.12. The molecule has 102 valence electrons. The van der Waals surface area contributed by atoms with Gasteiger partial charge in [-0.2, -0.15) is 0 Å². The van der Waals surface area contributed by atoms with Crippen LogP contribution in [0.3, 0.4) is 0 Å². The first-order valence-corrected chi connectivity index (χ1v) is 6.62. The normalized spacial score (nSPS) is 12.8. The molecular formula is C15H20NO3+. The summed E-state index contributed by atoms with van der Waals surface area (Å²) in [5, 5.41) is 10.0. The minimum absolute atomic E-state index is 0.154. The Morgan fingerprint density at radius 2 is 2.11 bits per heavy atom. The third-order valence-electron chi connectivity index (χ3n) is 3.39. The lowest BCUT2D eigenvalue weighted by molar-refractivity contribution is -0.912. The van der Waals surface area contributed by atoms with E-state index in [1.807, 2.05) is 25.1 Å². The summed E-state index contributed by atoms with van der Waals surface area (Å²) in [6.45, 7) is 6.57. The van der Waals surface area contributed by atoms with E-state index in [1.165, 1.54) is 4.90 Å². The lowest BCUT2D eigenvalue weighted by atomic mass is 10.1. The van der Waals surface area contributed by atoms with Crippen molar-refractivity contribution in [3.05, 3.63) is 45.8 Å². The minimum Gasteiger partial charge on any atom is -0.423 e. The van der Waals surface area contributed by atoms with Gasteiger partial charge in [-0.05, 0) is 26.0 Å². The van der Waals surface area contributed by atoms with Gasteiger partial charge >= 0.3 is 5.63 Å². The first-order valence-electron chi connectivity index (χ1n) is 6.62. The van der Waals surface area contributed by atoms with E-state index in [2.05, 4.69) is 6.92 Å². The Kier molecular flexibility index (Phi) is 4.35. The van der Waals surface area contributed by atoms with Gasteiger partial charge < -0.3 is 14.4 Å². The molecule has 0 aliphatic carbocycles. The number of fused-ring (bicyclic) bond motifs is 1. The molecular weight excluding hydrogens is 242 g/mol. The van der Waals surface area contributed by atoms with Crippen LogP contribution in [0, 0.1) is 6.92 Å². The molecule has 0 saturated heterocycles. The molecule has 0 saturated carbocycles. The monoisotopic (exact) mass is 262 g/mol. The number of quaternary nitrogens is 1. The molecule has 0 radical (unpaired) electrons. The largest absolute Gasteiger partial charge is 0.423 e. The number of hydrogen-bond donors (Lipinski definition) is 2. The van der Waals surface area contributed by atoms with Gasteiger partial charge in [0.25, 0.3) is 0 Å². The first kappa shape index (κ1) is 13.8. The van der Waals surface area contributed by atoms with Gasteiger partial charge in [0, 0.05) is 17.0 Å². The second kappa shape index (κ2) is 5.99. The van der Waals surface area contributed by atoms with E-state index >= 15 is 0 Å². The zero-order chi connectivity index (χ0) is 13.8. The Labute approximate surface area is 112 Å². The quantitative estimate of drug-likeness (QED) is 0.772. The molecule has 1 aromatic heterocycles. The fraction of sp³-hybridized carbons (Fsp3) is 0.400. The molecule has 2 rings (SSSR count). The van der Waals surface area contributed by atoms with Crippen LogP contribution in [-0.2, 0) is 6.54 Å². The van der Waals surface area contributed by atoms with Gasteiger partial charge in [0.2, 0.25) is 0 Å². The van der Waals surface area contributed by atoms with Crippen LogP contribution >= 0.6 is 0 Å². The Balaban J connectivity index is 2.46. The first-order chi connectivity index (χ1) is 9.13. The van der Waals surface area contributed by atoms with Crippen molar-refractivity contribution in [1.29, 1.82) is 0 Å². The number of aryl methyl sites for hydroxylation is 1. The fourth-order valence-electron chi connectivity index (χ4n) is 2.31. The molecule has 4 heteroatoms. The minimum atomic E-state index is -0.314. The number of aliphatic hydroxyl groups excluding tert-OH is 1. The predicted molar refractivity (Wildman–Crippen MR) is 74.4 cm³/mol. The average molecular weight is 262 g/mol. The van der Waals surface area contributed by atoms with Crippen LogP contribution < -0.4 is 10.5 Å². The molecule has 0 aliphatic rings. The van der Waals surface area contributed by atoms with E-state index in [4.69, 9.17) is 9.52 Å². The van der Waals surface area contributed by atoms with E-state index in [0.717, 1.165) is 29.6 Å². The Hall–Kier alpha value is -1.65. The second-order valence-corrected chi connectivity index (χ2v) is 4.84. The summed E-state index contributed by atoms with van der Waals surface area (Å²) < 4.78 is 5.22. The molecule has 0 amide bonds. The molecule has 0 aliphatic heterocycles. The molecule has 0 fully saturated rings. The average Bonchev–Trinajstić information content (AvgIpc) is 2.39. The van der Waals surface area contributed by atoms with Gasteiger partial charge in [0.15, 0.2) is 0 Å². The Bertz CT molecular complexity index is 618. The molecule has 4 nitrogen and oxygen atoms in total. The van der Waals surface area contributed by atoms with E-state index < -0.39 is 0 Å². The van der Waals surface area contributed by atoms with Gasteiger partial charge in [0.1, 0.15) is 18.7 Å². The van der Waals surface area contributed by atoms with Crippen LogP contribution in [0.5, 0.6) is 0 Å². The fourth-order valence-corrected chi connectivity index (χ4v) is 2.31. The van der Waals surface area contributed by atoms with Crippen molar-refractivity contribution in [2.24, 2.45) is 0 Å². The molecule has 0 bridgehead atoms. The number of aliphatic hydroxyl groups is 1. The molecule has 1 aromatic carbocycles. The Morgan fingerprint density at radius 1 is 1.32 bits per heavy atom. The summed E-state index contributed by atoms with van der Waals surface area (Å²) in [5.41, 5.74) is 2.45. The summed E-state index contributed by atoms with van der Waals surface area (Å²) in [6, 6.07) is 7.38. The number of hydrogen-bond acceptors (Lipinski definition) is 3. The van der Waals surface area contributed by atoms with E-state index in [0.29, 0.717) is 12.1 Å². The second-order valence-electron chi connectivity index (χ2n) is 4.84. The highest BCUT2D eigenvalue weighted by Crippen LogP contribution is 2.17. The maximum atomic E-state index is 11.6. The van der Waals surface area contributed by atoms with Crippen LogP contribution in [0.25, 0.3) is 11.0 Å². The van der Waals surface area contributed by atoms with Crippen molar-refractivity contribution in [2.45, 2.75) is 20.4 Å².